The summed E-state index contributed by atoms with van der Waals surface area (Å²) in [6.45, 7) is 0.622. The van der Waals surface area contributed by atoms with Crippen LogP contribution in [0.4, 0.5) is 5.69 Å². The number of rotatable bonds is 5. The average Bonchev–Trinajstić information content (AvgIpc) is 2.44. The fourth-order valence-electron chi connectivity index (χ4n) is 1.79. The summed E-state index contributed by atoms with van der Waals surface area (Å²) in [5.41, 5.74) is 1.90. The highest BCUT2D eigenvalue weighted by atomic mass is 16.5. The molecule has 2 aromatic carbocycles. The standard InChI is InChI=1S/C15H17NO3/c1-18-14-6-11(7-15(9-14)19-2)10-16-12-4-3-5-13(17)8-12/h3-9,16-17H,10H2,1-2H3. The van der Waals surface area contributed by atoms with Crippen LogP contribution in [0.15, 0.2) is 42.5 Å². The van der Waals surface area contributed by atoms with Crippen molar-refractivity contribution >= 4 is 5.69 Å². The van der Waals surface area contributed by atoms with Gasteiger partial charge in [0.05, 0.1) is 14.2 Å². The van der Waals surface area contributed by atoms with Gasteiger partial charge in [-0.25, -0.2) is 0 Å². The molecule has 0 atom stereocenters. The molecule has 19 heavy (non-hydrogen) atoms. The molecule has 0 aliphatic heterocycles. The molecule has 0 unspecified atom stereocenters. The molecule has 0 heterocycles. The molecule has 0 fully saturated rings. The van der Waals surface area contributed by atoms with Crippen LogP contribution in [0.25, 0.3) is 0 Å². The Hall–Kier alpha value is -2.36. The minimum Gasteiger partial charge on any atom is -0.508 e. The summed E-state index contributed by atoms with van der Waals surface area (Å²) in [6, 6.07) is 12.7. The number of aromatic hydroxyl groups is 1. The first-order chi connectivity index (χ1) is 9.21. The Bertz CT molecular complexity index is 533. The monoisotopic (exact) mass is 259 g/mol. The Morgan fingerprint density at radius 2 is 1.68 bits per heavy atom. The van der Waals surface area contributed by atoms with Crippen molar-refractivity contribution in [2.45, 2.75) is 6.54 Å². The number of ether oxygens (including phenoxy) is 2. The summed E-state index contributed by atoms with van der Waals surface area (Å²) >= 11 is 0. The second-order valence-electron chi connectivity index (χ2n) is 4.12. The minimum absolute atomic E-state index is 0.244. The fourth-order valence-corrected chi connectivity index (χ4v) is 1.79. The van der Waals surface area contributed by atoms with Crippen molar-refractivity contribution in [3.05, 3.63) is 48.0 Å². The molecule has 0 radical (unpaired) electrons. The molecule has 0 saturated carbocycles. The second-order valence-corrected chi connectivity index (χ2v) is 4.12. The van der Waals surface area contributed by atoms with E-state index in [1.54, 1.807) is 32.4 Å². The van der Waals surface area contributed by atoms with E-state index in [2.05, 4.69) is 5.32 Å². The van der Waals surface area contributed by atoms with E-state index in [9.17, 15) is 5.11 Å². The average molecular weight is 259 g/mol. The Morgan fingerprint density at radius 1 is 1.00 bits per heavy atom. The molecule has 2 N–H and O–H groups in total. The van der Waals surface area contributed by atoms with Gasteiger partial charge < -0.3 is 19.9 Å². The first-order valence-corrected chi connectivity index (χ1v) is 5.96. The van der Waals surface area contributed by atoms with Gasteiger partial charge in [0.15, 0.2) is 0 Å². The van der Waals surface area contributed by atoms with Crippen molar-refractivity contribution in [3.63, 3.8) is 0 Å². The molecular weight excluding hydrogens is 242 g/mol. The topological polar surface area (TPSA) is 50.7 Å². The number of methoxy groups -OCH3 is 2. The summed E-state index contributed by atoms with van der Waals surface area (Å²) in [7, 11) is 3.25. The van der Waals surface area contributed by atoms with Crippen LogP contribution >= 0.6 is 0 Å². The SMILES string of the molecule is COc1cc(CNc2cccc(O)c2)cc(OC)c1. The third-order valence-electron chi connectivity index (χ3n) is 2.75. The van der Waals surface area contributed by atoms with E-state index in [4.69, 9.17) is 9.47 Å². The summed E-state index contributed by atoms with van der Waals surface area (Å²) in [5.74, 6) is 1.76. The molecule has 2 aromatic rings. The predicted octanol–water partition coefficient (Wildman–Crippen LogP) is 3.02. The van der Waals surface area contributed by atoms with Crippen LogP contribution in [-0.2, 0) is 6.54 Å². The Labute approximate surface area is 112 Å². The number of benzene rings is 2. The highest BCUT2D eigenvalue weighted by Gasteiger charge is 2.02. The van der Waals surface area contributed by atoms with Gasteiger partial charge in [-0.15, -0.1) is 0 Å². The van der Waals surface area contributed by atoms with E-state index >= 15 is 0 Å². The van der Waals surface area contributed by atoms with E-state index in [1.807, 2.05) is 24.3 Å². The van der Waals surface area contributed by atoms with Crippen molar-refractivity contribution in [1.82, 2.24) is 0 Å². The maximum atomic E-state index is 9.39. The lowest BCUT2D eigenvalue weighted by Crippen LogP contribution is -2.00. The van der Waals surface area contributed by atoms with Gasteiger partial charge in [-0.2, -0.15) is 0 Å². The van der Waals surface area contributed by atoms with Crippen molar-refractivity contribution in [1.29, 1.82) is 0 Å². The van der Waals surface area contributed by atoms with Crippen LogP contribution in [0, 0.1) is 0 Å². The van der Waals surface area contributed by atoms with Gasteiger partial charge in [-0.1, -0.05) is 6.07 Å². The molecule has 100 valence electrons. The molecule has 0 aromatic heterocycles. The highest BCUT2D eigenvalue weighted by Crippen LogP contribution is 2.23. The number of nitrogens with one attached hydrogen (secondary N) is 1. The summed E-state index contributed by atoms with van der Waals surface area (Å²) in [5, 5.41) is 12.6. The van der Waals surface area contributed by atoms with Gasteiger partial charge in [0.25, 0.3) is 0 Å². The molecule has 0 bridgehead atoms. The molecule has 4 nitrogen and oxygen atoms in total. The molecule has 2 rings (SSSR count). The number of anilines is 1. The van der Waals surface area contributed by atoms with Gasteiger partial charge >= 0.3 is 0 Å². The van der Waals surface area contributed by atoms with Crippen LogP contribution in [-0.4, -0.2) is 19.3 Å². The second kappa shape index (κ2) is 6.00. The Kier molecular flexibility index (Phi) is 4.13. The van der Waals surface area contributed by atoms with Crippen molar-refractivity contribution in [2.24, 2.45) is 0 Å². The van der Waals surface area contributed by atoms with Gasteiger partial charge in [0.1, 0.15) is 17.2 Å². The zero-order valence-electron chi connectivity index (χ0n) is 11.0. The van der Waals surface area contributed by atoms with E-state index in [0.29, 0.717) is 6.54 Å². The van der Waals surface area contributed by atoms with Crippen molar-refractivity contribution < 1.29 is 14.6 Å². The van der Waals surface area contributed by atoms with Crippen molar-refractivity contribution in [3.8, 4) is 17.2 Å². The Morgan fingerprint density at radius 3 is 2.26 bits per heavy atom. The number of phenols is 1. The molecule has 0 saturated heterocycles. The first kappa shape index (κ1) is 13.1. The minimum atomic E-state index is 0.244. The van der Waals surface area contributed by atoms with Crippen molar-refractivity contribution in [2.75, 3.05) is 19.5 Å². The number of phenolic OH excluding ortho intramolecular Hbond substituents is 1. The maximum Gasteiger partial charge on any atom is 0.122 e. The smallest absolute Gasteiger partial charge is 0.122 e. The first-order valence-electron chi connectivity index (χ1n) is 5.96. The van der Waals surface area contributed by atoms with Gasteiger partial charge in [-0.05, 0) is 29.8 Å². The van der Waals surface area contributed by atoms with E-state index in [-0.39, 0.29) is 5.75 Å². The van der Waals surface area contributed by atoms with Crippen LogP contribution in [0.5, 0.6) is 17.2 Å². The van der Waals surface area contributed by atoms with E-state index in [0.717, 1.165) is 22.7 Å². The van der Waals surface area contributed by atoms with Crippen LogP contribution in [0.2, 0.25) is 0 Å². The lowest BCUT2D eigenvalue weighted by Gasteiger charge is -2.10. The summed E-state index contributed by atoms with van der Waals surface area (Å²) < 4.78 is 10.4. The lowest BCUT2D eigenvalue weighted by molar-refractivity contribution is 0.393. The molecule has 0 spiro atoms. The van der Waals surface area contributed by atoms with Crippen LogP contribution in [0.1, 0.15) is 5.56 Å². The van der Waals surface area contributed by atoms with Crippen LogP contribution < -0.4 is 14.8 Å². The van der Waals surface area contributed by atoms with E-state index in [1.165, 1.54) is 0 Å². The summed E-state index contributed by atoms with van der Waals surface area (Å²) in [4.78, 5) is 0. The molecular formula is C15H17NO3. The molecule has 4 heteroatoms. The number of hydrogen-bond donors (Lipinski definition) is 2. The third kappa shape index (κ3) is 3.55. The van der Waals surface area contributed by atoms with Crippen LogP contribution in [0.3, 0.4) is 0 Å². The number of hydrogen-bond acceptors (Lipinski definition) is 4. The zero-order valence-corrected chi connectivity index (χ0v) is 11.0. The lowest BCUT2D eigenvalue weighted by atomic mass is 10.2. The fraction of sp³-hybridized carbons (Fsp3) is 0.200. The summed E-state index contributed by atoms with van der Waals surface area (Å²) in [6.07, 6.45) is 0. The normalized spacial score (nSPS) is 10.0. The van der Waals surface area contributed by atoms with E-state index < -0.39 is 0 Å². The zero-order chi connectivity index (χ0) is 13.7. The maximum absolute atomic E-state index is 9.39. The predicted molar refractivity (Wildman–Crippen MR) is 75.0 cm³/mol. The van der Waals surface area contributed by atoms with Gasteiger partial charge in [0, 0.05) is 24.4 Å². The van der Waals surface area contributed by atoms with Gasteiger partial charge in [0.2, 0.25) is 0 Å². The molecule has 0 amide bonds. The third-order valence-corrected chi connectivity index (χ3v) is 2.75. The highest BCUT2D eigenvalue weighted by molar-refractivity contribution is 5.49. The quantitative estimate of drug-likeness (QED) is 0.866. The van der Waals surface area contributed by atoms with Gasteiger partial charge in [-0.3, -0.25) is 0 Å². The molecule has 0 aliphatic rings. The molecule has 0 aliphatic carbocycles. The largest absolute Gasteiger partial charge is 0.508 e. The Balaban J connectivity index is 2.10.